The third kappa shape index (κ3) is 3.32. The molecule has 4 rings (SSSR count). The Labute approximate surface area is 147 Å². The molecule has 25 heavy (non-hydrogen) atoms. The number of aromatic nitrogens is 2. The summed E-state index contributed by atoms with van der Waals surface area (Å²) >= 11 is 0. The molecule has 3 N–H and O–H groups in total. The van der Waals surface area contributed by atoms with Crippen molar-refractivity contribution in [3.8, 4) is 0 Å². The predicted octanol–water partition coefficient (Wildman–Crippen LogP) is 3.92. The van der Waals surface area contributed by atoms with Gasteiger partial charge in [-0.1, -0.05) is 36.4 Å². The number of benzene rings is 1. The van der Waals surface area contributed by atoms with E-state index in [9.17, 15) is 0 Å². The lowest BCUT2D eigenvalue weighted by molar-refractivity contribution is 0.568. The summed E-state index contributed by atoms with van der Waals surface area (Å²) in [6, 6.07) is 16.5. The van der Waals surface area contributed by atoms with Crippen LogP contribution in [0, 0.1) is 13.8 Å². The summed E-state index contributed by atoms with van der Waals surface area (Å²) in [4.78, 5) is 8.90. The summed E-state index contributed by atoms with van der Waals surface area (Å²) in [5.74, 6) is 1.71. The molecule has 0 spiro atoms. The number of nitrogens with one attached hydrogen (secondary N) is 3. The first-order valence-electron chi connectivity index (χ1n) is 8.42. The molecule has 3 heterocycles. The number of aryl methyl sites for hydroxylation is 2. The molecular formula is C20H21N5. The van der Waals surface area contributed by atoms with Crippen molar-refractivity contribution in [1.82, 2.24) is 15.3 Å². The molecule has 1 aromatic carbocycles. The lowest BCUT2D eigenvalue weighted by Crippen LogP contribution is -2.28. The second-order valence-corrected chi connectivity index (χ2v) is 6.39. The molecule has 5 heteroatoms. The minimum absolute atomic E-state index is 0.00523. The highest BCUT2D eigenvalue weighted by atomic mass is 15.3. The van der Waals surface area contributed by atoms with E-state index in [2.05, 4.69) is 62.3 Å². The quantitative estimate of drug-likeness (QED) is 0.676. The molecule has 0 saturated heterocycles. The first kappa shape index (κ1) is 15.6. The van der Waals surface area contributed by atoms with Gasteiger partial charge in [-0.05, 0) is 48.2 Å². The molecule has 1 aliphatic heterocycles. The van der Waals surface area contributed by atoms with Crippen LogP contribution in [0.5, 0.6) is 0 Å². The van der Waals surface area contributed by atoms with Gasteiger partial charge in [0.2, 0.25) is 0 Å². The number of fused-ring (bicyclic) bond motifs is 1. The molecule has 0 aliphatic carbocycles. The number of rotatable bonds is 4. The lowest BCUT2D eigenvalue weighted by Gasteiger charge is -2.18. The summed E-state index contributed by atoms with van der Waals surface area (Å²) < 4.78 is 0. The maximum absolute atomic E-state index is 4.45. The van der Waals surface area contributed by atoms with Crippen molar-refractivity contribution in [2.45, 2.75) is 26.2 Å². The van der Waals surface area contributed by atoms with Crippen LogP contribution in [0.2, 0.25) is 0 Å². The molecule has 2 atom stereocenters. The van der Waals surface area contributed by atoms with Crippen LogP contribution in [0.1, 0.15) is 34.6 Å². The second-order valence-electron chi connectivity index (χ2n) is 6.39. The van der Waals surface area contributed by atoms with Crippen LogP contribution in [0.15, 0.2) is 60.9 Å². The van der Waals surface area contributed by atoms with E-state index in [-0.39, 0.29) is 12.3 Å². The average molecular weight is 331 g/mol. The Morgan fingerprint density at radius 3 is 1.60 bits per heavy atom. The summed E-state index contributed by atoms with van der Waals surface area (Å²) in [5.41, 5.74) is 4.73. The molecule has 1 aliphatic rings. The smallest absolute Gasteiger partial charge is 0.127 e. The van der Waals surface area contributed by atoms with Crippen molar-refractivity contribution >= 4 is 11.6 Å². The van der Waals surface area contributed by atoms with Gasteiger partial charge >= 0.3 is 0 Å². The molecule has 2 aromatic heterocycles. The average Bonchev–Trinajstić information content (AvgIpc) is 2.97. The van der Waals surface area contributed by atoms with Gasteiger partial charge in [-0.25, -0.2) is 9.97 Å². The monoisotopic (exact) mass is 331 g/mol. The van der Waals surface area contributed by atoms with Crippen LogP contribution in [0.4, 0.5) is 11.6 Å². The summed E-state index contributed by atoms with van der Waals surface area (Å²) in [5, 5.41) is 10.5. The van der Waals surface area contributed by atoms with Crippen molar-refractivity contribution in [1.29, 1.82) is 0 Å². The molecule has 126 valence electrons. The highest BCUT2D eigenvalue weighted by molar-refractivity contribution is 5.48. The maximum Gasteiger partial charge on any atom is 0.127 e. The number of pyridine rings is 2. The summed E-state index contributed by atoms with van der Waals surface area (Å²) in [7, 11) is 0. The van der Waals surface area contributed by atoms with Crippen molar-refractivity contribution < 1.29 is 0 Å². The Morgan fingerprint density at radius 1 is 0.720 bits per heavy atom. The minimum atomic E-state index is -0.00523. The van der Waals surface area contributed by atoms with E-state index in [1.807, 2.05) is 38.4 Å². The lowest BCUT2D eigenvalue weighted by atomic mass is 10.1. The van der Waals surface area contributed by atoms with Gasteiger partial charge < -0.3 is 10.6 Å². The molecule has 3 aromatic rings. The third-order valence-electron chi connectivity index (χ3n) is 4.36. The Hall–Kier alpha value is -2.92. The largest absolute Gasteiger partial charge is 0.351 e. The van der Waals surface area contributed by atoms with Crippen LogP contribution in [0.3, 0.4) is 0 Å². The Kier molecular flexibility index (Phi) is 4.07. The highest BCUT2D eigenvalue weighted by Gasteiger charge is 2.30. The molecular weight excluding hydrogens is 310 g/mol. The fraction of sp³-hybridized carbons (Fsp3) is 0.200. The molecule has 0 amide bonds. The van der Waals surface area contributed by atoms with Crippen LogP contribution in [-0.4, -0.2) is 9.97 Å². The first-order valence-corrected chi connectivity index (χ1v) is 8.42. The maximum atomic E-state index is 4.45. The zero-order chi connectivity index (χ0) is 17.2. The van der Waals surface area contributed by atoms with E-state index in [4.69, 9.17) is 0 Å². The Morgan fingerprint density at radius 2 is 1.20 bits per heavy atom. The van der Waals surface area contributed by atoms with Gasteiger partial charge in [0.15, 0.2) is 0 Å². The van der Waals surface area contributed by atoms with E-state index in [0.29, 0.717) is 0 Å². The zero-order valence-electron chi connectivity index (χ0n) is 14.3. The number of hydrogen-bond donors (Lipinski definition) is 3. The van der Waals surface area contributed by atoms with E-state index < -0.39 is 0 Å². The third-order valence-corrected chi connectivity index (χ3v) is 4.36. The predicted molar refractivity (Wildman–Crippen MR) is 100 cm³/mol. The topological polar surface area (TPSA) is 61.9 Å². The number of nitrogens with zero attached hydrogens (tertiary/aromatic N) is 2. The van der Waals surface area contributed by atoms with Crippen molar-refractivity contribution in [3.05, 3.63) is 83.2 Å². The van der Waals surface area contributed by atoms with Crippen molar-refractivity contribution in [3.63, 3.8) is 0 Å². The Bertz CT molecular complexity index is 786. The summed E-state index contributed by atoms with van der Waals surface area (Å²) in [6.07, 6.45) is 3.73. The van der Waals surface area contributed by atoms with Gasteiger partial charge in [-0.3, -0.25) is 5.32 Å². The van der Waals surface area contributed by atoms with E-state index in [1.54, 1.807) is 0 Å². The summed E-state index contributed by atoms with van der Waals surface area (Å²) in [6.45, 7) is 4.07. The molecule has 5 nitrogen and oxygen atoms in total. The highest BCUT2D eigenvalue weighted by Crippen LogP contribution is 2.33. The van der Waals surface area contributed by atoms with Gasteiger partial charge in [-0.15, -0.1) is 0 Å². The normalized spacial score (nSPS) is 18.6. The van der Waals surface area contributed by atoms with Gasteiger partial charge in [-0.2, -0.15) is 0 Å². The zero-order valence-corrected chi connectivity index (χ0v) is 14.3. The van der Waals surface area contributed by atoms with Crippen LogP contribution >= 0.6 is 0 Å². The van der Waals surface area contributed by atoms with Gasteiger partial charge in [0.1, 0.15) is 24.0 Å². The standard InChI is InChI=1S/C20H21N5/c1-13-7-9-17(21-11-13)23-19-15-5-3-4-6-16(15)20(25-19)24-18-10-8-14(2)12-22-18/h3-12,19-20,25H,1-2H3,(H,21,23)(H,22,24). The minimum Gasteiger partial charge on any atom is -0.351 e. The van der Waals surface area contributed by atoms with Crippen molar-refractivity contribution in [2.24, 2.45) is 0 Å². The van der Waals surface area contributed by atoms with Crippen molar-refractivity contribution in [2.75, 3.05) is 10.6 Å². The van der Waals surface area contributed by atoms with E-state index >= 15 is 0 Å². The molecule has 0 fully saturated rings. The van der Waals surface area contributed by atoms with Gasteiger partial charge in [0.05, 0.1) is 0 Å². The van der Waals surface area contributed by atoms with Gasteiger partial charge in [0, 0.05) is 12.4 Å². The first-order chi connectivity index (χ1) is 12.2. The fourth-order valence-corrected chi connectivity index (χ4v) is 3.02. The molecule has 2 unspecified atom stereocenters. The number of hydrogen-bond acceptors (Lipinski definition) is 5. The molecule has 0 radical (unpaired) electrons. The Balaban J connectivity index is 1.56. The fourth-order valence-electron chi connectivity index (χ4n) is 3.02. The molecule has 0 bridgehead atoms. The van der Waals surface area contributed by atoms with E-state index in [0.717, 1.165) is 22.8 Å². The van der Waals surface area contributed by atoms with E-state index in [1.165, 1.54) is 11.1 Å². The SMILES string of the molecule is Cc1ccc(NC2NC(Nc3ccc(C)cn3)c3ccccc32)nc1. The van der Waals surface area contributed by atoms with Gasteiger partial charge in [0.25, 0.3) is 0 Å². The van der Waals surface area contributed by atoms with Crippen LogP contribution < -0.4 is 16.0 Å². The van der Waals surface area contributed by atoms with Crippen LogP contribution in [-0.2, 0) is 0 Å². The second kappa shape index (κ2) is 6.53. The van der Waals surface area contributed by atoms with Crippen LogP contribution in [0.25, 0.3) is 0 Å². The number of anilines is 2. The molecule has 0 saturated carbocycles.